The van der Waals surface area contributed by atoms with Crippen LogP contribution in [0.15, 0.2) is 35.5 Å². The smallest absolute Gasteiger partial charge is 1.00 e. The van der Waals surface area contributed by atoms with Gasteiger partial charge >= 0.3 is 38.5 Å². The van der Waals surface area contributed by atoms with E-state index >= 15 is 0 Å². The van der Waals surface area contributed by atoms with Gasteiger partial charge in [-0.05, 0) is 0 Å². The standard InChI is InChI=1S/2C9H13.C2H6Si.2ClH.Ti/c2*1-2-3-6-9-7-4-5-8-9;1-3-2;;;/h2*4,7H,2-3,5-6H2,1H3;1-2H3;2*1H;/q2*-1;;;;+2/p-2. The minimum atomic E-state index is 0. The van der Waals surface area contributed by atoms with Crippen molar-refractivity contribution in [1.29, 1.82) is 0 Å². The van der Waals surface area contributed by atoms with Crippen LogP contribution in [0, 0.1) is 12.2 Å². The molecule has 24 heavy (non-hydrogen) atoms. The second kappa shape index (κ2) is 21.5. The molecule has 0 unspecified atom stereocenters. The zero-order valence-electron chi connectivity index (χ0n) is 15.7. The minimum Gasteiger partial charge on any atom is -1.00 e. The first kappa shape index (κ1) is 29.2. The molecule has 0 aliphatic heterocycles. The van der Waals surface area contributed by atoms with Crippen LogP contribution in [0.1, 0.15) is 65.2 Å². The van der Waals surface area contributed by atoms with E-state index in [0.717, 1.165) is 12.8 Å². The van der Waals surface area contributed by atoms with Crippen LogP contribution in [-0.2, 0) is 19.2 Å². The van der Waals surface area contributed by atoms with Gasteiger partial charge in [0, 0.05) is 0 Å². The van der Waals surface area contributed by atoms with Crippen molar-refractivity contribution in [3.05, 3.63) is 47.6 Å². The van der Waals surface area contributed by atoms with Crippen LogP contribution in [0.5, 0.6) is 0 Å². The average molecular weight is 419 g/mol. The summed E-state index contributed by atoms with van der Waals surface area (Å²) in [6.07, 6.45) is 25.2. The van der Waals surface area contributed by atoms with Gasteiger partial charge in [0.05, 0.1) is 0 Å². The molecule has 2 aliphatic rings. The van der Waals surface area contributed by atoms with Gasteiger partial charge in [-0.15, -0.1) is 12.8 Å². The number of hydrogen-bond acceptors (Lipinski definition) is 0. The molecule has 0 aromatic heterocycles. The summed E-state index contributed by atoms with van der Waals surface area (Å²) >= 11 is 2.27. The van der Waals surface area contributed by atoms with E-state index in [2.05, 4.69) is 82.6 Å². The van der Waals surface area contributed by atoms with Crippen LogP contribution in [0.2, 0.25) is 13.1 Å². The summed E-state index contributed by atoms with van der Waals surface area (Å²) in [6.45, 7) is 8.98. The minimum absolute atomic E-state index is 0. The number of unbranched alkanes of at least 4 members (excludes halogenated alkanes) is 2. The molecule has 2 aliphatic carbocycles. The molecule has 0 amide bonds. The Balaban J connectivity index is -0.000000283. The molecule has 0 fully saturated rings. The van der Waals surface area contributed by atoms with E-state index in [1.165, 1.54) is 49.7 Å². The van der Waals surface area contributed by atoms with Crippen LogP contribution in [-0.4, -0.2) is 6.19 Å². The van der Waals surface area contributed by atoms with E-state index < -0.39 is 0 Å². The summed E-state index contributed by atoms with van der Waals surface area (Å²) in [5.41, 5.74) is 2.83. The molecule has 2 rings (SSSR count). The van der Waals surface area contributed by atoms with Gasteiger partial charge in [0.2, 0.25) is 0 Å². The molecule has 0 saturated carbocycles. The van der Waals surface area contributed by atoms with Crippen LogP contribution in [0.3, 0.4) is 0 Å². The Morgan fingerprint density at radius 1 is 0.875 bits per heavy atom. The molecule has 0 aromatic carbocycles. The Kier molecular flexibility index (Phi) is 26.2. The Hall–Kier alpha value is 0.471. The van der Waals surface area contributed by atoms with Gasteiger partial charge in [0.15, 0.2) is 0 Å². The molecule has 0 saturated heterocycles. The molecule has 0 atom stereocenters. The molecule has 4 heteroatoms. The SMILES string of the molecule is CCCCC1=[C-]CC=C1.CCCCC1=[C-]CC=C1.C[Si](C)=[Ti+2].[Cl-].[Cl-]. The maximum atomic E-state index is 3.30. The third kappa shape index (κ3) is 20.5. The van der Waals surface area contributed by atoms with Crippen LogP contribution in [0.25, 0.3) is 0 Å². The summed E-state index contributed by atoms with van der Waals surface area (Å²) in [6, 6.07) is 0. The van der Waals surface area contributed by atoms with Gasteiger partial charge < -0.3 is 24.8 Å². The van der Waals surface area contributed by atoms with Gasteiger partial charge in [-0.1, -0.05) is 52.4 Å². The van der Waals surface area contributed by atoms with E-state index in [1.807, 2.05) is 0 Å². The summed E-state index contributed by atoms with van der Waals surface area (Å²) in [5, 5.41) is 0. The molecule has 0 N–H and O–H groups in total. The first-order valence-corrected chi connectivity index (χ1v) is 13.5. The van der Waals surface area contributed by atoms with Crippen LogP contribution >= 0.6 is 0 Å². The maximum absolute atomic E-state index is 3.30. The zero-order valence-corrected chi connectivity index (χ0v) is 19.8. The van der Waals surface area contributed by atoms with Gasteiger partial charge in [-0.25, -0.2) is 23.3 Å². The van der Waals surface area contributed by atoms with Crippen molar-refractivity contribution in [3.8, 4) is 0 Å². The summed E-state index contributed by atoms with van der Waals surface area (Å²) < 4.78 is 0. The maximum Gasteiger partial charge on any atom is -1.00 e. The van der Waals surface area contributed by atoms with Crippen molar-refractivity contribution < 1.29 is 44.0 Å². The van der Waals surface area contributed by atoms with Crippen molar-refractivity contribution in [1.82, 2.24) is 0 Å². The Labute approximate surface area is 175 Å². The quantitative estimate of drug-likeness (QED) is 0.435. The van der Waals surface area contributed by atoms with E-state index in [0.29, 0.717) is 0 Å². The summed E-state index contributed by atoms with van der Waals surface area (Å²) in [4.78, 5) is 0. The van der Waals surface area contributed by atoms with Crippen LogP contribution < -0.4 is 24.8 Å². The second-order valence-corrected chi connectivity index (χ2v) is 12.5. The van der Waals surface area contributed by atoms with E-state index in [1.54, 1.807) is 0 Å². The largest absolute Gasteiger partial charge is 1.00 e. The van der Waals surface area contributed by atoms with Crippen molar-refractivity contribution in [3.63, 3.8) is 0 Å². The van der Waals surface area contributed by atoms with Gasteiger partial charge in [0.1, 0.15) is 0 Å². The third-order valence-corrected chi connectivity index (χ3v) is 3.13. The van der Waals surface area contributed by atoms with Gasteiger partial charge in [-0.3, -0.25) is 12.2 Å². The van der Waals surface area contributed by atoms with Gasteiger partial charge in [-0.2, -0.15) is 12.2 Å². The fourth-order valence-electron chi connectivity index (χ4n) is 1.98. The van der Waals surface area contributed by atoms with E-state index in [4.69, 9.17) is 0 Å². The number of allylic oxidation sites excluding steroid dienone is 8. The fourth-order valence-corrected chi connectivity index (χ4v) is 1.98. The third-order valence-electron chi connectivity index (χ3n) is 3.13. The Morgan fingerprint density at radius 3 is 1.42 bits per heavy atom. The number of halogens is 2. The Bertz CT molecular complexity index is 385. The summed E-state index contributed by atoms with van der Waals surface area (Å²) in [7, 11) is 0. The van der Waals surface area contributed by atoms with Gasteiger partial charge in [0.25, 0.3) is 0 Å². The molecule has 0 radical (unpaired) electrons. The van der Waals surface area contributed by atoms with Crippen molar-refractivity contribution in [2.45, 2.75) is 78.3 Å². The molecule has 0 heterocycles. The average Bonchev–Trinajstić information content (AvgIpc) is 3.16. The van der Waals surface area contributed by atoms with Crippen LogP contribution in [0.4, 0.5) is 0 Å². The second-order valence-electron chi connectivity index (χ2n) is 5.82. The first-order chi connectivity index (χ1) is 10.6. The molecular formula is C20H32Cl2SiTi-2. The molecule has 0 aromatic rings. The zero-order chi connectivity index (χ0) is 16.6. The van der Waals surface area contributed by atoms with E-state index in [9.17, 15) is 0 Å². The predicted octanol–water partition coefficient (Wildman–Crippen LogP) is 0.524. The van der Waals surface area contributed by atoms with Crippen molar-refractivity contribution >= 4 is 6.19 Å². The summed E-state index contributed by atoms with van der Waals surface area (Å²) in [5.74, 6) is 0. The number of rotatable bonds is 6. The molecule has 0 spiro atoms. The normalized spacial score (nSPS) is 13.4. The first-order valence-electron chi connectivity index (χ1n) is 8.64. The molecular weight excluding hydrogens is 387 g/mol. The Morgan fingerprint density at radius 2 is 1.21 bits per heavy atom. The topological polar surface area (TPSA) is 0 Å². The molecule has 136 valence electrons. The molecule has 0 bridgehead atoms. The fraction of sp³-hybridized carbons (Fsp3) is 0.600. The number of hydrogen-bond donors (Lipinski definition) is 0. The van der Waals surface area contributed by atoms with Crippen molar-refractivity contribution in [2.75, 3.05) is 0 Å². The van der Waals surface area contributed by atoms with E-state index in [-0.39, 0.29) is 31.0 Å². The monoisotopic (exact) mass is 418 g/mol. The predicted molar refractivity (Wildman–Crippen MR) is 97.6 cm³/mol. The van der Waals surface area contributed by atoms with Crippen molar-refractivity contribution in [2.24, 2.45) is 0 Å². The molecule has 0 nitrogen and oxygen atoms in total.